The Hall–Kier alpha value is -2.46. The Bertz CT molecular complexity index is 862. The maximum Gasteiger partial charge on any atom is 0.213 e. The average Bonchev–Trinajstić information content (AvgIpc) is 3.07. The monoisotopic (exact) mass is 302 g/mol. The summed E-state index contributed by atoms with van der Waals surface area (Å²) in [5, 5.41) is 14.0. The molecule has 0 amide bonds. The molecule has 7 heteroatoms. The van der Waals surface area contributed by atoms with Crippen molar-refractivity contribution in [3.8, 4) is 6.07 Å². The molecule has 1 aromatic carbocycles. The first-order valence-electron chi connectivity index (χ1n) is 6.16. The van der Waals surface area contributed by atoms with Gasteiger partial charge in [-0.15, -0.1) is 0 Å². The van der Waals surface area contributed by atoms with Crippen molar-refractivity contribution in [1.29, 1.82) is 5.26 Å². The van der Waals surface area contributed by atoms with Gasteiger partial charge >= 0.3 is 0 Å². The molecule has 0 aliphatic rings. The second-order valence-electron chi connectivity index (χ2n) is 4.59. The maximum atomic E-state index is 14.0. The van der Waals surface area contributed by atoms with Gasteiger partial charge in [-0.25, -0.2) is 4.39 Å². The summed E-state index contributed by atoms with van der Waals surface area (Å²) < 4.78 is 22.1. The standard InChI is InChI=1S/C14H11FN4OS/c1-7-3-12(20-18-7)21-19-11-4-10(15)8(2)13-9(5-16)6-17-14(11)13/h3-4,6,17,19H,1-2H3. The number of halogens is 1. The normalized spacial score (nSPS) is 10.8. The predicted octanol–water partition coefficient (Wildman–Crippen LogP) is 3.90. The number of nitriles is 1. The molecule has 106 valence electrons. The van der Waals surface area contributed by atoms with E-state index in [4.69, 9.17) is 9.78 Å². The molecule has 0 saturated carbocycles. The molecule has 5 nitrogen and oxygen atoms in total. The van der Waals surface area contributed by atoms with Crippen molar-refractivity contribution in [2.24, 2.45) is 0 Å². The number of rotatable bonds is 3. The van der Waals surface area contributed by atoms with Crippen LogP contribution in [0, 0.1) is 31.0 Å². The van der Waals surface area contributed by atoms with Crippen LogP contribution in [0.3, 0.4) is 0 Å². The maximum absolute atomic E-state index is 14.0. The quantitative estimate of drug-likeness (QED) is 0.717. The number of nitrogens with zero attached hydrogens (tertiary/aromatic N) is 2. The van der Waals surface area contributed by atoms with E-state index in [1.54, 1.807) is 19.2 Å². The zero-order chi connectivity index (χ0) is 15.0. The number of H-pyrrole nitrogens is 1. The summed E-state index contributed by atoms with van der Waals surface area (Å²) in [6.45, 7) is 3.48. The van der Waals surface area contributed by atoms with Crippen LogP contribution in [0.5, 0.6) is 0 Å². The van der Waals surface area contributed by atoms with E-state index in [1.807, 2.05) is 6.92 Å². The summed E-state index contributed by atoms with van der Waals surface area (Å²) in [6, 6.07) is 5.23. The van der Waals surface area contributed by atoms with Crippen molar-refractivity contribution in [1.82, 2.24) is 10.1 Å². The Morgan fingerprint density at radius 2 is 2.24 bits per heavy atom. The topological polar surface area (TPSA) is 77.6 Å². The summed E-state index contributed by atoms with van der Waals surface area (Å²) in [5.41, 5.74) is 2.88. The third kappa shape index (κ3) is 2.34. The summed E-state index contributed by atoms with van der Waals surface area (Å²) in [7, 11) is 0. The van der Waals surface area contributed by atoms with Gasteiger partial charge in [-0.1, -0.05) is 5.16 Å². The van der Waals surface area contributed by atoms with E-state index in [9.17, 15) is 4.39 Å². The molecule has 21 heavy (non-hydrogen) atoms. The third-order valence-electron chi connectivity index (χ3n) is 3.14. The Balaban J connectivity index is 2.01. The van der Waals surface area contributed by atoms with Crippen LogP contribution in [0.15, 0.2) is 27.9 Å². The van der Waals surface area contributed by atoms with E-state index in [1.165, 1.54) is 18.0 Å². The highest BCUT2D eigenvalue weighted by Gasteiger charge is 2.15. The molecule has 0 saturated heterocycles. The smallest absolute Gasteiger partial charge is 0.213 e. The second kappa shape index (κ2) is 5.14. The van der Waals surface area contributed by atoms with Gasteiger partial charge in [-0.2, -0.15) is 5.26 Å². The van der Waals surface area contributed by atoms with E-state index in [-0.39, 0.29) is 5.82 Å². The molecule has 0 aliphatic heterocycles. The zero-order valence-electron chi connectivity index (χ0n) is 11.3. The molecule has 0 atom stereocenters. The molecular weight excluding hydrogens is 291 g/mol. The average molecular weight is 302 g/mol. The number of aromatic amines is 1. The Morgan fingerprint density at radius 1 is 1.43 bits per heavy atom. The van der Waals surface area contributed by atoms with Crippen LogP contribution in [-0.2, 0) is 0 Å². The van der Waals surface area contributed by atoms with Crippen LogP contribution in [-0.4, -0.2) is 10.1 Å². The van der Waals surface area contributed by atoms with Gasteiger partial charge in [0.25, 0.3) is 0 Å². The Morgan fingerprint density at radius 3 is 2.90 bits per heavy atom. The fourth-order valence-corrected chi connectivity index (χ4v) is 2.79. The number of hydrogen-bond acceptors (Lipinski definition) is 5. The van der Waals surface area contributed by atoms with Crippen LogP contribution in [0.2, 0.25) is 0 Å². The SMILES string of the molecule is Cc1cc(SNc2cc(F)c(C)c3c(C#N)c[nH]c23)on1. The van der Waals surface area contributed by atoms with Crippen LogP contribution in [0.25, 0.3) is 10.9 Å². The minimum absolute atomic E-state index is 0.365. The number of nitrogens with one attached hydrogen (secondary N) is 2. The van der Waals surface area contributed by atoms with Crippen molar-refractivity contribution in [3.05, 3.63) is 41.0 Å². The van der Waals surface area contributed by atoms with Crippen molar-refractivity contribution in [2.75, 3.05) is 4.72 Å². The van der Waals surface area contributed by atoms with Crippen LogP contribution in [0.4, 0.5) is 10.1 Å². The predicted molar refractivity (Wildman–Crippen MR) is 78.4 cm³/mol. The van der Waals surface area contributed by atoms with Gasteiger partial charge in [-0.05, 0) is 19.4 Å². The van der Waals surface area contributed by atoms with Gasteiger partial charge in [-0.3, -0.25) is 0 Å². The number of fused-ring (bicyclic) bond motifs is 1. The first-order chi connectivity index (χ1) is 10.1. The van der Waals surface area contributed by atoms with Gasteiger partial charge in [0.15, 0.2) is 0 Å². The lowest BCUT2D eigenvalue weighted by Gasteiger charge is -2.08. The van der Waals surface area contributed by atoms with Crippen molar-refractivity contribution in [3.63, 3.8) is 0 Å². The van der Waals surface area contributed by atoms with Gasteiger partial charge in [0, 0.05) is 35.7 Å². The molecule has 0 unspecified atom stereocenters. The lowest BCUT2D eigenvalue weighted by atomic mass is 10.1. The van der Waals surface area contributed by atoms with Crippen molar-refractivity contribution >= 4 is 28.5 Å². The summed E-state index contributed by atoms with van der Waals surface area (Å²) in [6.07, 6.45) is 1.57. The first kappa shape index (κ1) is 13.5. The van der Waals surface area contributed by atoms with Gasteiger partial charge in [0.2, 0.25) is 5.09 Å². The molecule has 2 heterocycles. The summed E-state index contributed by atoms with van der Waals surface area (Å²) in [5.74, 6) is -0.365. The molecule has 2 N–H and O–H groups in total. The van der Waals surface area contributed by atoms with E-state index in [2.05, 4.69) is 20.9 Å². The first-order valence-corrected chi connectivity index (χ1v) is 6.98. The lowest BCUT2D eigenvalue weighted by Crippen LogP contribution is -1.92. The molecule has 2 aromatic heterocycles. The number of aryl methyl sites for hydroxylation is 2. The third-order valence-corrected chi connectivity index (χ3v) is 3.86. The fraction of sp³-hybridized carbons (Fsp3) is 0.143. The molecule has 0 spiro atoms. The highest BCUT2D eigenvalue weighted by molar-refractivity contribution is 8.00. The van der Waals surface area contributed by atoms with E-state index in [0.717, 1.165) is 5.69 Å². The molecule has 0 aliphatic carbocycles. The molecular formula is C14H11FN4OS. The van der Waals surface area contributed by atoms with Gasteiger partial charge < -0.3 is 14.2 Å². The number of anilines is 1. The molecule has 3 rings (SSSR count). The van der Waals surface area contributed by atoms with Crippen molar-refractivity contribution in [2.45, 2.75) is 18.9 Å². The minimum Gasteiger partial charge on any atom is -0.358 e. The lowest BCUT2D eigenvalue weighted by molar-refractivity contribution is 0.347. The van der Waals surface area contributed by atoms with E-state index < -0.39 is 0 Å². The van der Waals surface area contributed by atoms with Crippen LogP contribution < -0.4 is 4.72 Å². The molecule has 0 fully saturated rings. The van der Waals surface area contributed by atoms with Gasteiger partial charge in [0.05, 0.1) is 22.5 Å². The zero-order valence-corrected chi connectivity index (χ0v) is 12.1. The molecule has 0 radical (unpaired) electrons. The number of hydrogen-bond donors (Lipinski definition) is 2. The van der Waals surface area contributed by atoms with Crippen molar-refractivity contribution < 1.29 is 8.91 Å². The minimum atomic E-state index is -0.365. The molecule has 3 aromatic rings. The number of benzene rings is 1. The van der Waals surface area contributed by atoms with Crippen LogP contribution >= 0.6 is 11.9 Å². The Labute approximate surface area is 124 Å². The largest absolute Gasteiger partial charge is 0.358 e. The van der Waals surface area contributed by atoms with E-state index in [0.29, 0.717) is 32.8 Å². The summed E-state index contributed by atoms with van der Waals surface area (Å²) in [4.78, 5) is 3.01. The van der Waals surface area contributed by atoms with Crippen LogP contribution in [0.1, 0.15) is 16.8 Å². The Kier molecular flexibility index (Phi) is 3.31. The number of aromatic nitrogens is 2. The molecule has 0 bridgehead atoms. The van der Waals surface area contributed by atoms with E-state index >= 15 is 0 Å². The highest BCUT2D eigenvalue weighted by atomic mass is 32.2. The second-order valence-corrected chi connectivity index (χ2v) is 5.40. The van der Waals surface area contributed by atoms with Gasteiger partial charge in [0.1, 0.15) is 11.9 Å². The summed E-state index contributed by atoms with van der Waals surface area (Å²) >= 11 is 1.19. The highest BCUT2D eigenvalue weighted by Crippen LogP contribution is 2.33. The fourth-order valence-electron chi connectivity index (χ4n) is 2.11.